The molecular formula is C20H22FNO4. The highest BCUT2D eigenvalue weighted by Gasteiger charge is 2.29. The van der Waals surface area contributed by atoms with Crippen LogP contribution in [-0.2, 0) is 4.79 Å². The summed E-state index contributed by atoms with van der Waals surface area (Å²) in [4.78, 5) is 14.0. The van der Waals surface area contributed by atoms with E-state index < -0.39 is 18.0 Å². The first kappa shape index (κ1) is 18.2. The quantitative estimate of drug-likeness (QED) is 0.892. The van der Waals surface area contributed by atoms with Gasteiger partial charge in [-0.25, -0.2) is 4.39 Å². The van der Waals surface area contributed by atoms with Crippen LogP contribution in [0, 0.1) is 5.82 Å². The summed E-state index contributed by atoms with van der Waals surface area (Å²) < 4.78 is 24.9. The maximum atomic E-state index is 13.8. The fourth-order valence-corrected chi connectivity index (χ4v) is 2.90. The van der Waals surface area contributed by atoms with Crippen molar-refractivity contribution in [2.45, 2.75) is 25.0 Å². The van der Waals surface area contributed by atoms with E-state index in [0.29, 0.717) is 31.7 Å². The minimum atomic E-state index is -0.762. The molecule has 138 valence electrons. The van der Waals surface area contributed by atoms with Gasteiger partial charge in [-0.05, 0) is 30.7 Å². The molecule has 2 atom stereocenters. The van der Waals surface area contributed by atoms with Gasteiger partial charge in [-0.15, -0.1) is 0 Å². The molecule has 1 aliphatic heterocycles. The third-order valence-electron chi connectivity index (χ3n) is 4.38. The Morgan fingerprint density at radius 1 is 1.08 bits per heavy atom. The molecule has 0 aliphatic carbocycles. The van der Waals surface area contributed by atoms with Crippen molar-refractivity contribution in [3.8, 4) is 11.5 Å². The van der Waals surface area contributed by atoms with Gasteiger partial charge >= 0.3 is 0 Å². The molecule has 0 spiro atoms. The number of benzene rings is 2. The van der Waals surface area contributed by atoms with Crippen molar-refractivity contribution >= 4 is 5.91 Å². The van der Waals surface area contributed by atoms with Crippen LogP contribution in [0.1, 0.15) is 12.8 Å². The van der Waals surface area contributed by atoms with Crippen molar-refractivity contribution in [3.05, 3.63) is 60.4 Å². The van der Waals surface area contributed by atoms with Crippen LogP contribution in [0.2, 0.25) is 0 Å². The number of amides is 1. The van der Waals surface area contributed by atoms with Crippen LogP contribution in [0.15, 0.2) is 54.6 Å². The molecule has 6 heteroatoms. The minimum Gasteiger partial charge on any atom is -0.485 e. The molecule has 2 aromatic carbocycles. The molecule has 1 amide bonds. The van der Waals surface area contributed by atoms with Crippen LogP contribution in [0.25, 0.3) is 0 Å². The number of nitrogens with zero attached hydrogens (tertiary/aromatic N) is 1. The summed E-state index contributed by atoms with van der Waals surface area (Å²) in [5.41, 5.74) is 0. The van der Waals surface area contributed by atoms with Crippen LogP contribution < -0.4 is 9.47 Å². The largest absolute Gasteiger partial charge is 0.485 e. The molecular weight excluding hydrogens is 337 g/mol. The third-order valence-corrected chi connectivity index (χ3v) is 4.38. The van der Waals surface area contributed by atoms with Gasteiger partial charge in [-0.3, -0.25) is 4.79 Å². The standard InChI is InChI=1S/C20H22FNO4/c21-16-8-4-5-9-18(16)26-19-11-13-22(12-10-17(19)23)20(24)14-25-15-6-2-1-3-7-15/h1-9,17,19,23H,10-14H2/t17-,19-/m0/s1. The number of hydrogen-bond donors (Lipinski definition) is 1. The Hall–Kier alpha value is -2.60. The summed E-state index contributed by atoms with van der Waals surface area (Å²) in [6, 6.07) is 15.2. The lowest BCUT2D eigenvalue weighted by Gasteiger charge is -2.22. The number of likely N-dealkylation sites (tertiary alicyclic amines) is 1. The van der Waals surface area contributed by atoms with E-state index in [0.717, 1.165) is 0 Å². The molecule has 1 aliphatic rings. The van der Waals surface area contributed by atoms with Gasteiger partial charge in [0.15, 0.2) is 18.2 Å². The fraction of sp³-hybridized carbons (Fsp3) is 0.350. The Morgan fingerprint density at radius 3 is 2.54 bits per heavy atom. The predicted octanol–water partition coefficient (Wildman–Crippen LogP) is 2.64. The zero-order chi connectivity index (χ0) is 18.4. The lowest BCUT2D eigenvalue weighted by atomic mass is 10.1. The molecule has 0 bridgehead atoms. The summed E-state index contributed by atoms with van der Waals surface area (Å²) in [5, 5.41) is 10.3. The van der Waals surface area contributed by atoms with Gasteiger partial charge in [0.2, 0.25) is 0 Å². The van der Waals surface area contributed by atoms with Crippen molar-refractivity contribution in [3.63, 3.8) is 0 Å². The molecule has 1 N–H and O–H groups in total. The number of hydrogen-bond acceptors (Lipinski definition) is 4. The lowest BCUT2D eigenvalue weighted by Crippen LogP contribution is -2.36. The Bertz CT molecular complexity index is 725. The Morgan fingerprint density at radius 2 is 1.77 bits per heavy atom. The second-order valence-corrected chi connectivity index (χ2v) is 6.21. The van der Waals surface area contributed by atoms with E-state index in [-0.39, 0.29) is 18.3 Å². The zero-order valence-corrected chi connectivity index (χ0v) is 14.4. The number of aliphatic hydroxyl groups excluding tert-OH is 1. The van der Waals surface area contributed by atoms with Gasteiger partial charge in [0, 0.05) is 19.5 Å². The molecule has 2 aromatic rings. The number of ether oxygens (including phenoxy) is 2. The highest BCUT2D eigenvalue weighted by Crippen LogP contribution is 2.22. The predicted molar refractivity (Wildman–Crippen MR) is 94.6 cm³/mol. The average Bonchev–Trinajstić information content (AvgIpc) is 2.84. The maximum Gasteiger partial charge on any atom is 0.260 e. The lowest BCUT2D eigenvalue weighted by molar-refractivity contribution is -0.133. The smallest absolute Gasteiger partial charge is 0.260 e. The first-order valence-electron chi connectivity index (χ1n) is 8.68. The average molecular weight is 359 g/mol. The summed E-state index contributed by atoms with van der Waals surface area (Å²) in [5.74, 6) is 0.140. The fourth-order valence-electron chi connectivity index (χ4n) is 2.90. The monoisotopic (exact) mass is 359 g/mol. The van der Waals surface area contributed by atoms with Gasteiger partial charge in [0.25, 0.3) is 5.91 Å². The number of carbonyl (C=O) groups is 1. The van der Waals surface area contributed by atoms with E-state index in [2.05, 4.69) is 0 Å². The second-order valence-electron chi connectivity index (χ2n) is 6.21. The van der Waals surface area contributed by atoms with Crippen molar-refractivity contribution in [1.29, 1.82) is 0 Å². The summed E-state index contributed by atoms with van der Waals surface area (Å²) in [6.07, 6.45) is -0.523. The highest BCUT2D eigenvalue weighted by molar-refractivity contribution is 5.77. The van der Waals surface area contributed by atoms with E-state index in [1.807, 2.05) is 18.2 Å². The highest BCUT2D eigenvalue weighted by atomic mass is 19.1. The maximum absolute atomic E-state index is 13.8. The Labute approximate surface area is 152 Å². The summed E-state index contributed by atoms with van der Waals surface area (Å²) in [7, 11) is 0. The van der Waals surface area contributed by atoms with E-state index >= 15 is 0 Å². The number of rotatable bonds is 5. The van der Waals surface area contributed by atoms with E-state index in [4.69, 9.17) is 9.47 Å². The molecule has 3 rings (SSSR count). The molecule has 1 heterocycles. The molecule has 0 saturated carbocycles. The van der Waals surface area contributed by atoms with Crippen molar-refractivity contribution in [2.75, 3.05) is 19.7 Å². The number of carbonyl (C=O) groups excluding carboxylic acids is 1. The molecule has 0 unspecified atom stereocenters. The zero-order valence-electron chi connectivity index (χ0n) is 14.4. The van der Waals surface area contributed by atoms with Gasteiger partial charge in [-0.1, -0.05) is 30.3 Å². The normalized spacial score (nSPS) is 20.3. The minimum absolute atomic E-state index is 0.0566. The topological polar surface area (TPSA) is 59.0 Å². The molecule has 1 saturated heterocycles. The van der Waals surface area contributed by atoms with Crippen LogP contribution in [0.4, 0.5) is 4.39 Å². The van der Waals surface area contributed by atoms with Gasteiger partial charge in [0.05, 0.1) is 6.10 Å². The first-order valence-corrected chi connectivity index (χ1v) is 8.68. The van der Waals surface area contributed by atoms with Gasteiger partial charge < -0.3 is 19.5 Å². The third kappa shape index (κ3) is 4.73. The van der Waals surface area contributed by atoms with E-state index in [9.17, 15) is 14.3 Å². The SMILES string of the molecule is O=C(COc1ccccc1)N1CC[C@H](Oc2ccccc2F)[C@@H](O)CC1. The van der Waals surface area contributed by atoms with Gasteiger partial charge in [-0.2, -0.15) is 0 Å². The first-order chi connectivity index (χ1) is 12.6. The van der Waals surface area contributed by atoms with Crippen LogP contribution in [0.3, 0.4) is 0 Å². The number of para-hydroxylation sites is 2. The molecule has 0 aromatic heterocycles. The van der Waals surface area contributed by atoms with E-state index in [1.165, 1.54) is 12.1 Å². The van der Waals surface area contributed by atoms with Crippen LogP contribution >= 0.6 is 0 Å². The molecule has 26 heavy (non-hydrogen) atoms. The molecule has 5 nitrogen and oxygen atoms in total. The Kier molecular flexibility index (Phi) is 6.07. The van der Waals surface area contributed by atoms with Crippen molar-refractivity contribution in [2.24, 2.45) is 0 Å². The second kappa shape index (κ2) is 8.67. The number of halogens is 1. The van der Waals surface area contributed by atoms with Crippen LogP contribution in [-0.4, -0.2) is 47.8 Å². The van der Waals surface area contributed by atoms with Crippen molar-refractivity contribution < 1.29 is 23.8 Å². The van der Waals surface area contributed by atoms with E-state index in [1.54, 1.807) is 29.2 Å². The summed E-state index contributed by atoms with van der Waals surface area (Å²) >= 11 is 0. The van der Waals surface area contributed by atoms with Crippen molar-refractivity contribution in [1.82, 2.24) is 4.90 Å². The molecule has 0 radical (unpaired) electrons. The molecule has 1 fully saturated rings. The summed E-state index contributed by atoms with van der Waals surface area (Å²) in [6.45, 7) is 0.779. The Balaban J connectivity index is 1.54. The van der Waals surface area contributed by atoms with Crippen LogP contribution in [0.5, 0.6) is 11.5 Å². The number of aliphatic hydroxyl groups is 1. The van der Waals surface area contributed by atoms with Gasteiger partial charge in [0.1, 0.15) is 11.9 Å².